The molecule has 1 aromatic carbocycles. The Morgan fingerprint density at radius 3 is 2.39 bits per heavy atom. The summed E-state index contributed by atoms with van der Waals surface area (Å²) in [5.74, 6) is -0.0661. The summed E-state index contributed by atoms with van der Waals surface area (Å²) in [6.45, 7) is 0. The zero-order valence-electron chi connectivity index (χ0n) is 8.80. The molecule has 0 aliphatic rings. The molecule has 0 unspecified atom stereocenters. The van der Waals surface area contributed by atoms with E-state index in [1.54, 1.807) is 18.2 Å². The van der Waals surface area contributed by atoms with Gasteiger partial charge in [0.25, 0.3) is 0 Å². The highest BCUT2D eigenvalue weighted by Crippen LogP contribution is 2.27. The predicted molar refractivity (Wildman–Crippen MR) is 66.1 cm³/mol. The highest BCUT2D eigenvalue weighted by molar-refractivity contribution is 6.35. The summed E-state index contributed by atoms with van der Waals surface area (Å²) in [6.07, 6.45) is -0.244. The van der Waals surface area contributed by atoms with Crippen molar-refractivity contribution in [3.63, 3.8) is 0 Å². The fourth-order valence-electron chi connectivity index (χ4n) is 1.34. The van der Waals surface area contributed by atoms with Gasteiger partial charge >= 0.3 is 6.16 Å². The maximum atomic E-state index is 10.4. The van der Waals surface area contributed by atoms with Crippen LogP contribution in [0.4, 0.5) is 4.79 Å². The lowest BCUT2D eigenvalue weighted by Crippen LogP contribution is -2.04. The Labute approximate surface area is 112 Å². The number of nitrogens with zero attached hydrogens (tertiary/aromatic N) is 2. The Bertz CT molecular complexity index is 584. The Kier molecular flexibility index (Phi) is 3.64. The molecular weight excluding hydrogens is 279 g/mol. The van der Waals surface area contributed by atoms with Gasteiger partial charge in [0, 0.05) is 21.7 Å². The van der Waals surface area contributed by atoms with Gasteiger partial charge in [-0.3, -0.25) is 0 Å². The van der Waals surface area contributed by atoms with Crippen LogP contribution in [0.15, 0.2) is 30.6 Å². The normalized spacial score (nSPS) is 10.1. The summed E-state index contributed by atoms with van der Waals surface area (Å²) in [5, 5.41) is 9.40. The minimum Gasteiger partial charge on any atom is -0.449 e. The molecule has 0 aliphatic carbocycles. The quantitative estimate of drug-likeness (QED) is 0.855. The number of carboxylic acid groups (broad SMARTS) is 1. The van der Waals surface area contributed by atoms with Crippen LogP contribution in [-0.4, -0.2) is 21.2 Å². The molecule has 0 amide bonds. The molecule has 1 heterocycles. The van der Waals surface area contributed by atoms with Gasteiger partial charge < -0.3 is 9.84 Å². The first-order valence-electron chi connectivity index (χ1n) is 4.74. The predicted octanol–water partition coefficient (Wildman–Crippen LogP) is 3.51. The van der Waals surface area contributed by atoms with Crippen LogP contribution in [0.3, 0.4) is 0 Å². The number of carbonyl (C=O) groups is 1. The van der Waals surface area contributed by atoms with E-state index in [1.165, 1.54) is 12.4 Å². The average molecular weight is 285 g/mol. The summed E-state index contributed by atoms with van der Waals surface area (Å²) in [6, 6.07) is 6.28. The van der Waals surface area contributed by atoms with E-state index in [1.807, 2.05) is 0 Å². The molecule has 1 aromatic heterocycles. The lowest BCUT2D eigenvalue weighted by molar-refractivity contribution is 0.142. The summed E-state index contributed by atoms with van der Waals surface area (Å²) in [7, 11) is 0. The number of hydrogen-bond donors (Lipinski definition) is 1. The van der Waals surface area contributed by atoms with E-state index in [0.29, 0.717) is 21.3 Å². The monoisotopic (exact) mass is 284 g/mol. The maximum Gasteiger partial charge on any atom is 0.512 e. The van der Waals surface area contributed by atoms with Crippen molar-refractivity contribution in [1.82, 2.24) is 9.97 Å². The molecule has 0 atom stereocenters. The number of aromatic nitrogens is 2. The SMILES string of the molecule is O=C(O)Oc1cc(-c2cc(Cl)cc(Cl)c2)ncn1. The molecule has 0 saturated carbocycles. The molecule has 18 heavy (non-hydrogen) atoms. The third kappa shape index (κ3) is 3.09. The molecule has 5 nitrogen and oxygen atoms in total. The minimum absolute atomic E-state index is 0.0661. The molecule has 2 aromatic rings. The van der Waals surface area contributed by atoms with E-state index in [4.69, 9.17) is 28.3 Å². The molecule has 1 N–H and O–H groups in total. The lowest BCUT2D eigenvalue weighted by atomic mass is 10.1. The molecule has 92 valence electrons. The van der Waals surface area contributed by atoms with Crippen LogP contribution in [0.25, 0.3) is 11.3 Å². The van der Waals surface area contributed by atoms with Crippen molar-refractivity contribution in [2.24, 2.45) is 0 Å². The minimum atomic E-state index is -1.44. The third-order valence-corrected chi connectivity index (χ3v) is 2.43. The Morgan fingerprint density at radius 1 is 1.11 bits per heavy atom. The summed E-state index contributed by atoms with van der Waals surface area (Å²) >= 11 is 11.7. The van der Waals surface area contributed by atoms with Crippen LogP contribution in [0.2, 0.25) is 10.0 Å². The molecular formula is C11H6Cl2N2O3. The van der Waals surface area contributed by atoms with Gasteiger partial charge in [-0.15, -0.1) is 0 Å². The molecule has 0 aliphatic heterocycles. The first kappa shape index (κ1) is 12.6. The van der Waals surface area contributed by atoms with Crippen molar-refractivity contribution in [2.75, 3.05) is 0 Å². The van der Waals surface area contributed by atoms with Crippen molar-refractivity contribution in [1.29, 1.82) is 0 Å². The zero-order chi connectivity index (χ0) is 13.1. The fourth-order valence-corrected chi connectivity index (χ4v) is 1.87. The fraction of sp³-hybridized carbons (Fsp3) is 0. The van der Waals surface area contributed by atoms with E-state index in [0.717, 1.165) is 0 Å². The Morgan fingerprint density at radius 2 is 1.78 bits per heavy atom. The summed E-state index contributed by atoms with van der Waals surface area (Å²) < 4.78 is 4.44. The van der Waals surface area contributed by atoms with Crippen LogP contribution >= 0.6 is 23.2 Å². The van der Waals surface area contributed by atoms with Crippen LogP contribution < -0.4 is 4.74 Å². The highest BCUT2D eigenvalue weighted by atomic mass is 35.5. The maximum absolute atomic E-state index is 10.4. The van der Waals surface area contributed by atoms with E-state index in [9.17, 15) is 4.79 Å². The van der Waals surface area contributed by atoms with E-state index >= 15 is 0 Å². The first-order valence-corrected chi connectivity index (χ1v) is 5.49. The van der Waals surface area contributed by atoms with Crippen LogP contribution in [0.1, 0.15) is 0 Å². The molecule has 7 heteroatoms. The smallest absolute Gasteiger partial charge is 0.449 e. The van der Waals surface area contributed by atoms with Crippen molar-refractivity contribution < 1.29 is 14.6 Å². The number of ether oxygens (including phenoxy) is 1. The van der Waals surface area contributed by atoms with Crippen LogP contribution in [-0.2, 0) is 0 Å². The largest absolute Gasteiger partial charge is 0.512 e. The van der Waals surface area contributed by atoms with E-state index < -0.39 is 6.16 Å². The van der Waals surface area contributed by atoms with Gasteiger partial charge in [-0.1, -0.05) is 23.2 Å². The molecule has 0 saturated heterocycles. The van der Waals surface area contributed by atoms with Gasteiger partial charge in [-0.25, -0.2) is 14.8 Å². The zero-order valence-corrected chi connectivity index (χ0v) is 10.3. The van der Waals surface area contributed by atoms with Gasteiger partial charge in [0.1, 0.15) is 6.33 Å². The van der Waals surface area contributed by atoms with Crippen molar-refractivity contribution in [3.05, 3.63) is 40.6 Å². The second-order valence-corrected chi connectivity index (χ2v) is 4.14. The molecule has 0 fully saturated rings. The van der Waals surface area contributed by atoms with Gasteiger partial charge in [0.2, 0.25) is 5.88 Å². The summed E-state index contributed by atoms with van der Waals surface area (Å²) in [4.78, 5) is 18.1. The average Bonchev–Trinajstić information content (AvgIpc) is 2.27. The molecule has 0 bridgehead atoms. The topological polar surface area (TPSA) is 72.3 Å². The van der Waals surface area contributed by atoms with Crippen molar-refractivity contribution >= 4 is 29.4 Å². The second-order valence-electron chi connectivity index (χ2n) is 3.27. The number of hydrogen-bond acceptors (Lipinski definition) is 4. The van der Waals surface area contributed by atoms with E-state index in [-0.39, 0.29) is 5.88 Å². The highest BCUT2D eigenvalue weighted by Gasteiger charge is 2.07. The third-order valence-electron chi connectivity index (χ3n) is 1.99. The van der Waals surface area contributed by atoms with Gasteiger partial charge in [-0.2, -0.15) is 0 Å². The van der Waals surface area contributed by atoms with Crippen LogP contribution in [0.5, 0.6) is 5.88 Å². The van der Waals surface area contributed by atoms with Gasteiger partial charge in [-0.05, 0) is 18.2 Å². The van der Waals surface area contributed by atoms with Gasteiger partial charge in [0.15, 0.2) is 0 Å². The van der Waals surface area contributed by atoms with Crippen molar-refractivity contribution in [2.45, 2.75) is 0 Å². The molecule has 2 rings (SSSR count). The second kappa shape index (κ2) is 5.20. The van der Waals surface area contributed by atoms with Crippen LogP contribution in [0, 0.1) is 0 Å². The van der Waals surface area contributed by atoms with Crippen molar-refractivity contribution in [3.8, 4) is 17.1 Å². The standard InChI is InChI=1S/C11H6Cl2N2O3/c12-7-1-6(2-8(13)3-7)9-4-10(15-5-14-9)18-11(16)17/h1-5H,(H,16,17). The summed E-state index contributed by atoms with van der Waals surface area (Å²) in [5.41, 5.74) is 1.11. The molecule has 0 radical (unpaired) electrons. The number of benzene rings is 1. The number of halogens is 2. The number of rotatable bonds is 2. The Balaban J connectivity index is 2.41. The molecule has 0 spiro atoms. The lowest BCUT2D eigenvalue weighted by Gasteiger charge is -2.04. The Hall–Kier alpha value is -1.85. The first-order chi connectivity index (χ1) is 8.54. The van der Waals surface area contributed by atoms with Gasteiger partial charge in [0.05, 0.1) is 5.69 Å². The van der Waals surface area contributed by atoms with E-state index in [2.05, 4.69) is 14.7 Å².